The molecule has 0 spiro atoms. The van der Waals surface area contributed by atoms with Crippen molar-refractivity contribution in [2.45, 2.75) is 72.4 Å². The summed E-state index contributed by atoms with van der Waals surface area (Å²) in [5, 5.41) is 3.20. The third kappa shape index (κ3) is 7.27. The Hall–Kier alpha value is -0.700. The van der Waals surface area contributed by atoms with Crippen LogP contribution >= 0.6 is 0 Å². The predicted molar refractivity (Wildman–Crippen MR) is 71.1 cm³/mol. The zero-order valence-electron chi connectivity index (χ0n) is 11.9. The van der Waals surface area contributed by atoms with Gasteiger partial charge in [-0.15, -0.1) is 0 Å². The van der Waals surface area contributed by atoms with Gasteiger partial charge in [-0.1, -0.05) is 41.0 Å². The van der Waals surface area contributed by atoms with Crippen LogP contribution in [-0.4, -0.2) is 23.7 Å². The first-order valence-electron chi connectivity index (χ1n) is 6.69. The fourth-order valence-corrected chi connectivity index (χ4v) is 1.75. The zero-order chi connectivity index (χ0) is 13.4. The Morgan fingerprint density at radius 1 is 1.12 bits per heavy atom. The Labute approximate surface area is 105 Å². The topological polar surface area (TPSA) is 46.2 Å². The van der Waals surface area contributed by atoms with E-state index in [0.717, 1.165) is 12.8 Å². The van der Waals surface area contributed by atoms with E-state index in [9.17, 15) is 9.59 Å². The van der Waals surface area contributed by atoms with Crippen molar-refractivity contribution in [1.29, 1.82) is 0 Å². The highest BCUT2D eigenvalue weighted by Gasteiger charge is 2.23. The highest BCUT2D eigenvalue weighted by Crippen LogP contribution is 2.08. The molecule has 17 heavy (non-hydrogen) atoms. The summed E-state index contributed by atoms with van der Waals surface area (Å²) in [6.07, 6.45) is 2.88. The summed E-state index contributed by atoms with van der Waals surface area (Å²) in [5.41, 5.74) is 0. The van der Waals surface area contributed by atoms with Crippen molar-refractivity contribution >= 4 is 11.6 Å². The van der Waals surface area contributed by atoms with Gasteiger partial charge in [-0.3, -0.25) is 9.59 Å². The van der Waals surface area contributed by atoms with E-state index < -0.39 is 0 Å². The third-order valence-corrected chi connectivity index (χ3v) is 2.69. The molecule has 1 atom stereocenters. The number of ketones is 2. The molecule has 0 aromatic heterocycles. The lowest BCUT2D eigenvalue weighted by molar-refractivity contribution is -0.128. The van der Waals surface area contributed by atoms with Crippen molar-refractivity contribution in [1.82, 2.24) is 5.32 Å². The Balaban J connectivity index is 4.38. The third-order valence-electron chi connectivity index (χ3n) is 2.69. The molecule has 0 aromatic carbocycles. The fourth-order valence-electron chi connectivity index (χ4n) is 1.75. The molecule has 0 aliphatic rings. The van der Waals surface area contributed by atoms with Gasteiger partial charge in [0.15, 0.2) is 5.78 Å². The lowest BCUT2D eigenvalue weighted by Gasteiger charge is -2.21. The summed E-state index contributed by atoms with van der Waals surface area (Å²) in [6.45, 7) is 9.83. The van der Waals surface area contributed by atoms with Gasteiger partial charge in [0, 0.05) is 24.8 Å². The first-order chi connectivity index (χ1) is 7.88. The van der Waals surface area contributed by atoms with Gasteiger partial charge in [-0.05, 0) is 6.42 Å². The summed E-state index contributed by atoms with van der Waals surface area (Å²) >= 11 is 0. The molecule has 0 amide bonds. The molecule has 3 nitrogen and oxygen atoms in total. The van der Waals surface area contributed by atoms with Gasteiger partial charge in [0.1, 0.15) is 5.78 Å². The van der Waals surface area contributed by atoms with Crippen LogP contribution in [0.15, 0.2) is 0 Å². The average molecular weight is 241 g/mol. The zero-order valence-corrected chi connectivity index (χ0v) is 11.9. The maximum Gasteiger partial charge on any atom is 0.152 e. The molecule has 0 bridgehead atoms. The van der Waals surface area contributed by atoms with Gasteiger partial charge in [0.25, 0.3) is 0 Å². The maximum atomic E-state index is 12.0. The number of carbonyl (C=O) groups excluding carboxylic acids is 2. The molecule has 0 aliphatic heterocycles. The molecule has 100 valence electrons. The molecular weight excluding hydrogens is 214 g/mol. The number of unbranched alkanes of at least 4 members (excludes halogenated alkanes) is 1. The van der Waals surface area contributed by atoms with E-state index in [1.165, 1.54) is 0 Å². The van der Waals surface area contributed by atoms with E-state index >= 15 is 0 Å². The Morgan fingerprint density at radius 3 is 2.12 bits per heavy atom. The Bertz CT molecular complexity index is 247. The van der Waals surface area contributed by atoms with Crippen molar-refractivity contribution in [2.24, 2.45) is 5.92 Å². The van der Waals surface area contributed by atoms with E-state index in [1.807, 2.05) is 27.7 Å². The Morgan fingerprint density at radius 2 is 1.71 bits per heavy atom. The SMILES string of the molecule is CCCCC(=O)C[C@H](NC(C)C)C(=O)C(C)C. The summed E-state index contributed by atoms with van der Waals surface area (Å²) in [6, 6.07) is -0.0824. The molecule has 0 fully saturated rings. The largest absolute Gasteiger partial charge is 0.305 e. The number of carbonyl (C=O) groups is 2. The normalized spacial score (nSPS) is 13.1. The van der Waals surface area contributed by atoms with Crippen LogP contribution in [-0.2, 0) is 9.59 Å². The summed E-state index contributed by atoms with van der Waals surface area (Å²) in [7, 11) is 0. The van der Waals surface area contributed by atoms with E-state index in [-0.39, 0.29) is 29.6 Å². The molecule has 0 aliphatic carbocycles. The van der Waals surface area contributed by atoms with Crippen LogP contribution in [0.4, 0.5) is 0 Å². The van der Waals surface area contributed by atoms with Gasteiger partial charge in [-0.2, -0.15) is 0 Å². The van der Waals surface area contributed by atoms with Gasteiger partial charge in [0.05, 0.1) is 6.04 Å². The first kappa shape index (κ1) is 16.3. The second-order valence-corrected chi connectivity index (χ2v) is 5.28. The number of Topliss-reactive ketones (excluding diaryl/α,β-unsaturated/α-hetero) is 2. The number of hydrogen-bond acceptors (Lipinski definition) is 3. The highest BCUT2D eigenvalue weighted by atomic mass is 16.1. The van der Waals surface area contributed by atoms with Gasteiger partial charge < -0.3 is 5.32 Å². The molecule has 0 aromatic rings. The van der Waals surface area contributed by atoms with Gasteiger partial charge >= 0.3 is 0 Å². The minimum absolute atomic E-state index is 0.0229. The molecule has 0 rings (SSSR count). The predicted octanol–water partition coefficient (Wildman–Crippen LogP) is 2.73. The lowest BCUT2D eigenvalue weighted by atomic mass is 9.95. The van der Waals surface area contributed by atoms with E-state index in [4.69, 9.17) is 0 Å². The first-order valence-corrected chi connectivity index (χ1v) is 6.69. The van der Waals surface area contributed by atoms with Crippen LogP contribution in [0.2, 0.25) is 0 Å². The molecule has 3 heteroatoms. The van der Waals surface area contributed by atoms with Crippen molar-refractivity contribution in [3.05, 3.63) is 0 Å². The molecule has 1 N–H and O–H groups in total. The number of hydrogen-bond donors (Lipinski definition) is 1. The van der Waals surface area contributed by atoms with Crippen LogP contribution in [0, 0.1) is 5.92 Å². The fraction of sp³-hybridized carbons (Fsp3) is 0.857. The van der Waals surface area contributed by atoms with Crippen LogP contribution in [0.1, 0.15) is 60.3 Å². The lowest BCUT2D eigenvalue weighted by Crippen LogP contribution is -2.44. The van der Waals surface area contributed by atoms with Crippen molar-refractivity contribution in [2.75, 3.05) is 0 Å². The van der Waals surface area contributed by atoms with Crippen LogP contribution in [0.5, 0.6) is 0 Å². The molecule has 0 saturated carbocycles. The quantitative estimate of drug-likeness (QED) is 0.675. The average Bonchev–Trinajstić information content (AvgIpc) is 2.23. The van der Waals surface area contributed by atoms with Crippen molar-refractivity contribution < 1.29 is 9.59 Å². The van der Waals surface area contributed by atoms with E-state index in [1.54, 1.807) is 0 Å². The van der Waals surface area contributed by atoms with Crippen LogP contribution < -0.4 is 5.32 Å². The molecule has 0 radical (unpaired) electrons. The molecule has 0 heterocycles. The smallest absolute Gasteiger partial charge is 0.152 e. The number of rotatable bonds is 9. The monoisotopic (exact) mass is 241 g/mol. The van der Waals surface area contributed by atoms with Crippen molar-refractivity contribution in [3.8, 4) is 0 Å². The van der Waals surface area contributed by atoms with Crippen LogP contribution in [0.25, 0.3) is 0 Å². The van der Waals surface area contributed by atoms with Gasteiger partial charge in [-0.25, -0.2) is 0 Å². The van der Waals surface area contributed by atoms with Gasteiger partial charge in [0.2, 0.25) is 0 Å². The standard InChI is InChI=1S/C14H27NO2/c1-6-7-8-12(16)9-13(15-11(4)5)14(17)10(2)3/h10-11,13,15H,6-9H2,1-5H3/t13-/m0/s1. The number of nitrogens with one attached hydrogen (secondary N) is 1. The minimum atomic E-state index is -0.306. The van der Waals surface area contributed by atoms with E-state index in [2.05, 4.69) is 12.2 Å². The Kier molecular flexibility index (Phi) is 8.05. The maximum absolute atomic E-state index is 12.0. The summed E-state index contributed by atoms with van der Waals surface area (Å²) < 4.78 is 0. The van der Waals surface area contributed by atoms with Crippen LogP contribution in [0.3, 0.4) is 0 Å². The minimum Gasteiger partial charge on any atom is -0.305 e. The summed E-state index contributed by atoms with van der Waals surface area (Å²) in [5.74, 6) is 0.313. The second-order valence-electron chi connectivity index (χ2n) is 5.28. The molecule has 0 unspecified atom stereocenters. The highest BCUT2D eigenvalue weighted by molar-refractivity contribution is 5.91. The summed E-state index contributed by atoms with van der Waals surface area (Å²) in [4.78, 5) is 23.7. The molecular formula is C14H27NO2. The van der Waals surface area contributed by atoms with Crippen molar-refractivity contribution in [3.63, 3.8) is 0 Å². The molecule has 0 saturated heterocycles. The second kappa shape index (κ2) is 8.40. The van der Waals surface area contributed by atoms with E-state index in [0.29, 0.717) is 12.8 Å².